The zero-order chi connectivity index (χ0) is 9.19. The number of nitrogens with zero attached hydrogens (tertiary/aromatic N) is 2. The third-order valence-corrected chi connectivity index (χ3v) is 1.86. The lowest BCUT2D eigenvalue weighted by atomic mass is 10.00. The molecule has 1 aromatic rings. The molecule has 1 atom stereocenters. The monoisotopic (exact) mass is 170 g/mol. The summed E-state index contributed by atoms with van der Waals surface area (Å²) in [6.45, 7) is 1.61. The summed E-state index contributed by atoms with van der Waals surface area (Å²) >= 11 is 0. The van der Waals surface area contributed by atoms with Crippen molar-refractivity contribution < 1.29 is 10.2 Å². The van der Waals surface area contributed by atoms with Crippen LogP contribution in [0.4, 0.5) is 0 Å². The fourth-order valence-corrected chi connectivity index (χ4v) is 1.04. The molecular weight excluding hydrogens is 156 g/mol. The first-order valence-corrected chi connectivity index (χ1v) is 3.88. The minimum atomic E-state index is -1.02. The molecule has 1 aromatic heterocycles. The fourth-order valence-electron chi connectivity index (χ4n) is 1.04. The lowest BCUT2D eigenvalue weighted by molar-refractivity contribution is 0.0262. The smallest absolute Gasteiger partial charge is 0.107 e. The molecule has 4 nitrogen and oxygen atoms in total. The summed E-state index contributed by atoms with van der Waals surface area (Å²) in [5, 5.41) is 18.4. The molecule has 0 aromatic carbocycles. The van der Waals surface area contributed by atoms with Crippen LogP contribution in [0.1, 0.15) is 19.0 Å². The van der Waals surface area contributed by atoms with Crippen LogP contribution in [-0.2, 0) is 12.6 Å². The molecule has 12 heavy (non-hydrogen) atoms. The maximum absolute atomic E-state index is 9.76. The molecule has 0 spiro atoms. The molecule has 0 saturated carbocycles. The Balaban J connectivity index is 2.81. The van der Waals surface area contributed by atoms with Crippen molar-refractivity contribution in [2.75, 3.05) is 6.61 Å². The number of aliphatic hydroxyl groups is 2. The zero-order valence-electron chi connectivity index (χ0n) is 7.36. The lowest BCUT2D eigenvalue weighted by Crippen LogP contribution is -2.23. The number of hydrogen-bond acceptors (Lipinski definition) is 3. The summed E-state index contributed by atoms with van der Waals surface area (Å²) in [6.07, 6.45) is 3.68. The Labute approximate surface area is 71.5 Å². The molecule has 1 heterocycles. The topological polar surface area (TPSA) is 58.3 Å². The Morgan fingerprint density at radius 1 is 1.67 bits per heavy atom. The largest absolute Gasteiger partial charge is 0.396 e. The second kappa shape index (κ2) is 3.25. The molecule has 4 heteroatoms. The third-order valence-electron chi connectivity index (χ3n) is 1.86. The first-order chi connectivity index (χ1) is 5.56. The Kier molecular flexibility index (Phi) is 2.49. The predicted octanol–water partition coefficient (Wildman–Crippen LogP) is 0.01000. The van der Waals surface area contributed by atoms with E-state index < -0.39 is 5.60 Å². The highest BCUT2D eigenvalue weighted by Crippen LogP contribution is 2.21. The number of rotatable bonds is 3. The number of aliphatic hydroxyl groups excluding tert-OH is 1. The Morgan fingerprint density at radius 3 is 2.75 bits per heavy atom. The zero-order valence-corrected chi connectivity index (χ0v) is 7.36. The highest BCUT2D eigenvalue weighted by molar-refractivity contribution is 5.07. The molecule has 0 bridgehead atoms. The van der Waals surface area contributed by atoms with Crippen LogP contribution in [0.2, 0.25) is 0 Å². The highest BCUT2D eigenvalue weighted by atomic mass is 16.3. The molecule has 0 saturated heterocycles. The van der Waals surface area contributed by atoms with Gasteiger partial charge in [0.2, 0.25) is 0 Å². The van der Waals surface area contributed by atoms with E-state index in [1.54, 1.807) is 24.0 Å². The van der Waals surface area contributed by atoms with Gasteiger partial charge in [0, 0.05) is 26.3 Å². The summed E-state index contributed by atoms with van der Waals surface area (Å²) in [6, 6.07) is 0. The second-order valence-corrected chi connectivity index (χ2v) is 3.17. The molecule has 0 fully saturated rings. The molecular formula is C8H14N2O2. The maximum atomic E-state index is 9.76. The summed E-state index contributed by atoms with van der Waals surface area (Å²) in [7, 11) is 1.84. The quantitative estimate of drug-likeness (QED) is 0.671. The molecule has 0 aliphatic carbocycles. The molecule has 0 aliphatic heterocycles. The Morgan fingerprint density at radius 2 is 2.33 bits per heavy atom. The molecule has 0 aliphatic rings. The van der Waals surface area contributed by atoms with Crippen molar-refractivity contribution in [1.29, 1.82) is 0 Å². The molecule has 0 amide bonds. The fraction of sp³-hybridized carbons (Fsp3) is 0.625. The van der Waals surface area contributed by atoms with Crippen LogP contribution >= 0.6 is 0 Å². The molecule has 0 radical (unpaired) electrons. The van der Waals surface area contributed by atoms with E-state index in [1.165, 1.54) is 0 Å². The number of aryl methyl sites for hydroxylation is 1. The summed E-state index contributed by atoms with van der Waals surface area (Å²) in [5.74, 6) is 0. The highest BCUT2D eigenvalue weighted by Gasteiger charge is 2.24. The van der Waals surface area contributed by atoms with Crippen molar-refractivity contribution >= 4 is 0 Å². The van der Waals surface area contributed by atoms with Gasteiger partial charge in [-0.3, -0.25) is 0 Å². The average molecular weight is 170 g/mol. The molecule has 1 unspecified atom stereocenters. The first kappa shape index (κ1) is 9.22. The summed E-state index contributed by atoms with van der Waals surface area (Å²) < 4.78 is 1.77. The van der Waals surface area contributed by atoms with Gasteiger partial charge in [-0.25, -0.2) is 4.98 Å². The van der Waals surface area contributed by atoms with Crippen LogP contribution in [-0.4, -0.2) is 26.4 Å². The Hall–Kier alpha value is -0.870. The van der Waals surface area contributed by atoms with Gasteiger partial charge in [0.15, 0.2) is 0 Å². The van der Waals surface area contributed by atoms with Crippen molar-refractivity contribution in [2.24, 2.45) is 7.05 Å². The molecule has 2 N–H and O–H groups in total. The van der Waals surface area contributed by atoms with E-state index in [0.29, 0.717) is 12.1 Å². The van der Waals surface area contributed by atoms with Crippen molar-refractivity contribution in [3.05, 3.63) is 18.2 Å². The standard InChI is InChI=1S/C8H14N2O2/c1-8(12,3-4-11)7-5-10(2)6-9-7/h5-6,11-12H,3-4H2,1-2H3. The minimum absolute atomic E-state index is 0.0381. The van der Waals surface area contributed by atoms with E-state index in [9.17, 15) is 5.11 Å². The lowest BCUT2D eigenvalue weighted by Gasteiger charge is -2.19. The van der Waals surface area contributed by atoms with Gasteiger partial charge >= 0.3 is 0 Å². The van der Waals surface area contributed by atoms with Gasteiger partial charge in [0.1, 0.15) is 5.60 Å². The van der Waals surface area contributed by atoms with Crippen LogP contribution in [0.5, 0.6) is 0 Å². The van der Waals surface area contributed by atoms with Crippen LogP contribution < -0.4 is 0 Å². The van der Waals surface area contributed by atoms with Crippen molar-refractivity contribution in [3.63, 3.8) is 0 Å². The van der Waals surface area contributed by atoms with Crippen molar-refractivity contribution in [1.82, 2.24) is 9.55 Å². The predicted molar refractivity (Wildman–Crippen MR) is 44.5 cm³/mol. The van der Waals surface area contributed by atoms with Crippen LogP contribution in [0, 0.1) is 0 Å². The summed E-state index contributed by atoms with van der Waals surface area (Å²) in [5.41, 5.74) is -0.422. The van der Waals surface area contributed by atoms with Gasteiger partial charge in [-0.1, -0.05) is 0 Å². The summed E-state index contributed by atoms with van der Waals surface area (Å²) in [4.78, 5) is 4.01. The third kappa shape index (κ3) is 1.84. The second-order valence-electron chi connectivity index (χ2n) is 3.17. The van der Waals surface area contributed by atoms with E-state index >= 15 is 0 Å². The number of aromatic nitrogens is 2. The normalized spacial score (nSPS) is 16.0. The first-order valence-electron chi connectivity index (χ1n) is 3.88. The Bertz CT molecular complexity index is 255. The average Bonchev–Trinajstić information content (AvgIpc) is 2.36. The van der Waals surface area contributed by atoms with E-state index in [-0.39, 0.29) is 6.61 Å². The van der Waals surface area contributed by atoms with Gasteiger partial charge in [-0.2, -0.15) is 0 Å². The van der Waals surface area contributed by atoms with E-state index in [4.69, 9.17) is 5.11 Å². The van der Waals surface area contributed by atoms with Gasteiger partial charge in [0.25, 0.3) is 0 Å². The van der Waals surface area contributed by atoms with E-state index in [2.05, 4.69) is 4.98 Å². The number of hydrogen-bond donors (Lipinski definition) is 2. The van der Waals surface area contributed by atoms with Crippen LogP contribution in [0.25, 0.3) is 0 Å². The van der Waals surface area contributed by atoms with E-state index in [1.807, 2.05) is 7.05 Å². The van der Waals surface area contributed by atoms with Crippen molar-refractivity contribution in [2.45, 2.75) is 18.9 Å². The molecule has 1 rings (SSSR count). The van der Waals surface area contributed by atoms with E-state index in [0.717, 1.165) is 0 Å². The van der Waals surface area contributed by atoms with Gasteiger partial charge < -0.3 is 14.8 Å². The van der Waals surface area contributed by atoms with Gasteiger partial charge in [-0.15, -0.1) is 0 Å². The van der Waals surface area contributed by atoms with Crippen molar-refractivity contribution in [3.8, 4) is 0 Å². The van der Waals surface area contributed by atoms with Crippen LogP contribution in [0.3, 0.4) is 0 Å². The van der Waals surface area contributed by atoms with Gasteiger partial charge in [-0.05, 0) is 6.92 Å². The van der Waals surface area contributed by atoms with Crippen LogP contribution in [0.15, 0.2) is 12.5 Å². The minimum Gasteiger partial charge on any atom is -0.396 e. The molecule has 68 valence electrons. The van der Waals surface area contributed by atoms with Gasteiger partial charge in [0.05, 0.1) is 12.0 Å². The number of imidazole rings is 1. The maximum Gasteiger partial charge on any atom is 0.107 e. The SMILES string of the molecule is Cn1cnc(C(C)(O)CCO)c1.